The molecule has 1 aliphatic carbocycles. The first-order valence-electron chi connectivity index (χ1n) is 7.18. The highest BCUT2D eigenvalue weighted by Crippen LogP contribution is 2.47. The Morgan fingerprint density at radius 2 is 2.00 bits per heavy atom. The van der Waals surface area contributed by atoms with Gasteiger partial charge in [0.2, 0.25) is 5.91 Å². The van der Waals surface area contributed by atoms with Crippen molar-refractivity contribution in [3.05, 3.63) is 71.3 Å². The van der Waals surface area contributed by atoms with Crippen LogP contribution in [0.4, 0.5) is 0 Å². The van der Waals surface area contributed by atoms with Crippen LogP contribution in [0.25, 0.3) is 0 Å². The van der Waals surface area contributed by atoms with Gasteiger partial charge < -0.3 is 0 Å². The predicted molar refractivity (Wildman–Crippen MR) is 84.2 cm³/mol. The Morgan fingerprint density at radius 1 is 1.19 bits per heavy atom. The second-order valence-electron chi connectivity index (χ2n) is 5.51. The molecule has 0 aliphatic heterocycles. The largest absolute Gasteiger partial charge is 0.273 e. The molecule has 1 fully saturated rings. The average Bonchev–Trinajstić information content (AvgIpc) is 3.29. The maximum absolute atomic E-state index is 12.0. The number of nitrogens with one attached hydrogen (secondary N) is 1. The van der Waals surface area contributed by atoms with Crippen molar-refractivity contribution in [1.29, 1.82) is 0 Å². The Morgan fingerprint density at radius 3 is 2.76 bits per heavy atom. The zero-order valence-electron chi connectivity index (χ0n) is 12.0. The average molecular weight is 278 g/mol. The van der Waals surface area contributed by atoms with Gasteiger partial charge in [-0.1, -0.05) is 60.2 Å². The monoisotopic (exact) mass is 278 g/mol. The van der Waals surface area contributed by atoms with E-state index in [-0.39, 0.29) is 11.8 Å². The van der Waals surface area contributed by atoms with E-state index < -0.39 is 0 Å². The molecule has 1 N–H and O–H groups in total. The first-order valence-corrected chi connectivity index (χ1v) is 7.18. The number of rotatable bonds is 4. The maximum Gasteiger partial charge on any atom is 0.243 e. The molecule has 3 rings (SSSR count). The highest BCUT2D eigenvalue weighted by atomic mass is 16.2. The highest BCUT2D eigenvalue weighted by Gasteiger charge is 2.43. The standard InChI is InChI=1S/C18H18N2O/c1-13-6-5-7-14(10-13)12-19-20-18(21)17-11-16(17)15-8-3-2-4-9-15/h2-10,12,16-17H,11H2,1H3,(H,20,21)/b19-12+. The number of carbonyl (C=O) groups is 1. The molecular weight excluding hydrogens is 260 g/mol. The van der Waals surface area contributed by atoms with Crippen LogP contribution in [-0.4, -0.2) is 12.1 Å². The summed E-state index contributed by atoms with van der Waals surface area (Å²) >= 11 is 0. The number of nitrogens with zero attached hydrogens (tertiary/aromatic N) is 1. The molecule has 3 nitrogen and oxygen atoms in total. The molecule has 0 bridgehead atoms. The SMILES string of the molecule is Cc1cccc(/C=N/NC(=O)C2CC2c2ccccc2)c1. The normalized spacial score (nSPS) is 20.4. The van der Waals surface area contributed by atoms with Crippen molar-refractivity contribution in [2.45, 2.75) is 19.3 Å². The fourth-order valence-electron chi connectivity index (χ4n) is 2.56. The van der Waals surface area contributed by atoms with Crippen LogP contribution in [0.15, 0.2) is 59.7 Å². The van der Waals surface area contributed by atoms with Crippen LogP contribution in [0.5, 0.6) is 0 Å². The van der Waals surface area contributed by atoms with Gasteiger partial charge in [-0.2, -0.15) is 5.10 Å². The summed E-state index contributed by atoms with van der Waals surface area (Å²) in [6, 6.07) is 18.2. The number of hydrogen-bond donors (Lipinski definition) is 1. The molecule has 0 heterocycles. The Kier molecular flexibility index (Phi) is 3.82. The van der Waals surface area contributed by atoms with E-state index in [0.29, 0.717) is 5.92 Å². The molecule has 3 heteroatoms. The summed E-state index contributed by atoms with van der Waals surface area (Å²) in [6.07, 6.45) is 2.60. The molecule has 0 saturated heterocycles. The lowest BCUT2D eigenvalue weighted by Gasteiger charge is -2.00. The summed E-state index contributed by atoms with van der Waals surface area (Å²) in [6.45, 7) is 2.03. The van der Waals surface area contributed by atoms with Gasteiger partial charge in [-0.05, 0) is 30.4 Å². The van der Waals surface area contributed by atoms with Gasteiger partial charge in [0.25, 0.3) is 0 Å². The minimum absolute atomic E-state index is 0.00718. The fourth-order valence-corrected chi connectivity index (χ4v) is 2.56. The first kappa shape index (κ1) is 13.6. The van der Waals surface area contributed by atoms with Crippen molar-refractivity contribution >= 4 is 12.1 Å². The van der Waals surface area contributed by atoms with E-state index >= 15 is 0 Å². The molecule has 1 saturated carbocycles. The van der Waals surface area contributed by atoms with Gasteiger partial charge in [0.1, 0.15) is 0 Å². The predicted octanol–water partition coefficient (Wildman–Crippen LogP) is 3.25. The Balaban J connectivity index is 1.54. The van der Waals surface area contributed by atoms with Gasteiger partial charge in [0, 0.05) is 5.92 Å². The van der Waals surface area contributed by atoms with Crippen molar-refractivity contribution < 1.29 is 4.79 Å². The molecule has 2 unspecified atom stereocenters. The van der Waals surface area contributed by atoms with Crippen molar-refractivity contribution in [2.24, 2.45) is 11.0 Å². The number of benzene rings is 2. The zero-order valence-corrected chi connectivity index (χ0v) is 12.0. The van der Waals surface area contributed by atoms with Gasteiger partial charge in [0.05, 0.1) is 6.21 Å². The summed E-state index contributed by atoms with van der Waals surface area (Å²) in [5.74, 6) is 0.412. The molecule has 0 spiro atoms. The lowest BCUT2D eigenvalue weighted by molar-refractivity contribution is -0.122. The van der Waals surface area contributed by atoms with Gasteiger partial charge >= 0.3 is 0 Å². The molecule has 1 amide bonds. The molecule has 0 radical (unpaired) electrons. The molecule has 2 aromatic rings. The second-order valence-corrected chi connectivity index (χ2v) is 5.51. The Bertz CT molecular complexity index is 664. The topological polar surface area (TPSA) is 41.5 Å². The number of amides is 1. The lowest BCUT2D eigenvalue weighted by Crippen LogP contribution is -2.20. The number of hydrogen-bond acceptors (Lipinski definition) is 2. The smallest absolute Gasteiger partial charge is 0.243 e. The van der Waals surface area contributed by atoms with E-state index in [2.05, 4.69) is 22.7 Å². The minimum Gasteiger partial charge on any atom is -0.273 e. The highest BCUT2D eigenvalue weighted by molar-refractivity contribution is 5.85. The van der Waals surface area contributed by atoms with Gasteiger partial charge in [-0.15, -0.1) is 0 Å². The molecule has 0 aromatic heterocycles. The summed E-state index contributed by atoms with van der Waals surface area (Å²) in [5, 5.41) is 4.05. The lowest BCUT2D eigenvalue weighted by atomic mass is 10.1. The van der Waals surface area contributed by atoms with E-state index in [9.17, 15) is 4.79 Å². The second kappa shape index (κ2) is 5.92. The Hall–Kier alpha value is -2.42. The van der Waals surface area contributed by atoms with E-state index in [1.165, 1.54) is 11.1 Å². The third kappa shape index (κ3) is 3.37. The minimum atomic E-state index is 0.00718. The first-order chi connectivity index (χ1) is 10.2. The third-order valence-corrected chi connectivity index (χ3v) is 3.79. The molecule has 106 valence electrons. The zero-order chi connectivity index (χ0) is 14.7. The molecule has 1 aliphatic rings. The van der Waals surface area contributed by atoms with E-state index in [1.54, 1.807) is 6.21 Å². The number of carbonyl (C=O) groups excluding carboxylic acids is 1. The van der Waals surface area contributed by atoms with Gasteiger partial charge in [0.15, 0.2) is 0 Å². The number of aryl methyl sites for hydroxylation is 1. The third-order valence-electron chi connectivity index (χ3n) is 3.79. The summed E-state index contributed by atoms with van der Waals surface area (Å²) in [4.78, 5) is 12.0. The van der Waals surface area contributed by atoms with Crippen LogP contribution in [0.3, 0.4) is 0 Å². The van der Waals surface area contributed by atoms with Crippen molar-refractivity contribution in [1.82, 2.24) is 5.43 Å². The molecule has 2 aromatic carbocycles. The van der Waals surface area contributed by atoms with Crippen molar-refractivity contribution in [3.8, 4) is 0 Å². The molecule has 21 heavy (non-hydrogen) atoms. The van der Waals surface area contributed by atoms with E-state index in [0.717, 1.165) is 12.0 Å². The molecule has 2 atom stereocenters. The fraction of sp³-hybridized carbons (Fsp3) is 0.222. The number of hydrazone groups is 1. The quantitative estimate of drug-likeness (QED) is 0.677. The van der Waals surface area contributed by atoms with E-state index in [1.807, 2.05) is 49.4 Å². The van der Waals surface area contributed by atoms with Crippen LogP contribution in [0.1, 0.15) is 29.0 Å². The van der Waals surface area contributed by atoms with Crippen LogP contribution in [-0.2, 0) is 4.79 Å². The van der Waals surface area contributed by atoms with Crippen molar-refractivity contribution in [2.75, 3.05) is 0 Å². The van der Waals surface area contributed by atoms with E-state index in [4.69, 9.17) is 0 Å². The Labute approximate surface area is 124 Å². The van der Waals surface area contributed by atoms with Crippen LogP contribution in [0, 0.1) is 12.8 Å². The summed E-state index contributed by atoms with van der Waals surface area (Å²) in [5.41, 5.74) is 6.05. The van der Waals surface area contributed by atoms with Gasteiger partial charge in [-0.25, -0.2) is 5.43 Å². The summed E-state index contributed by atoms with van der Waals surface area (Å²) in [7, 11) is 0. The van der Waals surface area contributed by atoms with Crippen LogP contribution >= 0.6 is 0 Å². The van der Waals surface area contributed by atoms with Crippen LogP contribution < -0.4 is 5.43 Å². The summed E-state index contributed by atoms with van der Waals surface area (Å²) < 4.78 is 0. The van der Waals surface area contributed by atoms with Crippen LogP contribution in [0.2, 0.25) is 0 Å². The van der Waals surface area contributed by atoms with Gasteiger partial charge in [-0.3, -0.25) is 4.79 Å². The molecular formula is C18H18N2O. The maximum atomic E-state index is 12.0. The van der Waals surface area contributed by atoms with Crippen molar-refractivity contribution in [3.63, 3.8) is 0 Å².